The first kappa shape index (κ1) is 13.7. The average Bonchev–Trinajstić information content (AvgIpc) is 2.35. The van der Waals surface area contributed by atoms with Crippen molar-refractivity contribution >= 4 is 11.6 Å². The Bertz CT molecular complexity index is 413. The van der Waals surface area contributed by atoms with E-state index in [4.69, 9.17) is 26.3 Å². The zero-order valence-electron chi connectivity index (χ0n) is 10.1. The van der Waals surface area contributed by atoms with Crippen molar-refractivity contribution < 1.29 is 9.47 Å². The molecule has 17 heavy (non-hydrogen) atoms. The van der Waals surface area contributed by atoms with E-state index >= 15 is 0 Å². The lowest BCUT2D eigenvalue weighted by atomic mass is 10.2. The lowest BCUT2D eigenvalue weighted by Gasteiger charge is -2.12. The van der Waals surface area contributed by atoms with Gasteiger partial charge in [-0.25, -0.2) is 0 Å². The molecule has 0 unspecified atom stereocenters. The molecule has 0 aliphatic rings. The summed E-state index contributed by atoms with van der Waals surface area (Å²) in [5, 5.41) is 9.23. The molecule has 1 aromatic carbocycles. The Hall–Kier alpha value is -1.40. The van der Waals surface area contributed by atoms with Gasteiger partial charge < -0.3 is 9.47 Å². The molecule has 0 radical (unpaired) electrons. The summed E-state index contributed by atoms with van der Waals surface area (Å²) in [5.74, 6) is 1.02. The van der Waals surface area contributed by atoms with Crippen molar-refractivity contribution in [3.05, 3.63) is 22.7 Å². The van der Waals surface area contributed by atoms with Crippen molar-refractivity contribution in [1.82, 2.24) is 0 Å². The molecule has 0 fully saturated rings. The molecule has 0 saturated heterocycles. The third kappa shape index (κ3) is 3.83. The summed E-state index contributed by atoms with van der Waals surface area (Å²) in [6.45, 7) is 2.74. The van der Waals surface area contributed by atoms with Gasteiger partial charge in [-0.05, 0) is 12.5 Å². The van der Waals surface area contributed by atoms with Gasteiger partial charge in [-0.15, -0.1) is 0 Å². The van der Waals surface area contributed by atoms with E-state index in [2.05, 4.69) is 6.92 Å². The summed E-state index contributed by atoms with van der Waals surface area (Å²) < 4.78 is 10.8. The van der Waals surface area contributed by atoms with Gasteiger partial charge in [-0.2, -0.15) is 5.26 Å². The summed E-state index contributed by atoms with van der Waals surface area (Å²) in [5.41, 5.74) is 0.466. The average molecular weight is 254 g/mol. The van der Waals surface area contributed by atoms with Crippen LogP contribution in [0.25, 0.3) is 0 Å². The number of benzene rings is 1. The maximum atomic E-state index is 8.81. The quantitative estimate of drug-likeness (QED) is 0.725. The number of ether oxygens (including phenoxy) is 2. The van der Waals surface area contributed by atoms with E-state index in [0.29, 0.717) is 28.7 Å². The summed E-state index contributed by atoms with van der Waals surface area (Å²) in [7, 11) is 1.53. The Morgan fingerprint density at radius 3 is 2.71 bits per heavy atom. The van der Waals surface area contributed by atoms with Crippen molar-refractivity contribution in [1.29, 1.82) is 5.26 Å². The van der Waals surface area contributed by atoms with Crippen molar-refractivity contribution in [2.75, 3.05) is 13.7 Å². The second-order valence-electron chi connectivity index (χ2n) is 3.66. The molecule has 92 valence electrons. The lowest BCUT2D eigenvalue weighted by molar-refractivity contribution is 0.286. The van der Waals surface area contributed by atoms with E-state index in [1.807, 2.05) is 6.07 Å². The second-order valence-corrected chi connectivity index (χ2v) is 4.06. The molecule has 0 heterocycles. The number of rotatable bonds is 6. The van der Waals surface area contributed by atoms with Gasteiger partial charge in [0.15, 0.2) is 11.5 Å². The monoisotopic (exact) mass is 253 g/mol. The van der Waals surface area contributed by atoms with Crippen LogP contribution in [0.5, 0.6) is 11.5 Å². The normalized spacial score (nSPS) is 9.76. The number of hydrogen-bond acceptors (Lipinski definition) is 3. The molecule has 0 spiro atoms. The Morgan fingerprint density at radius 1 is 1.35 bits per heavy atom. The smallest absolute Gasteiger partial charge is 0.179 e. The molecule has 1 aromatic rings. The number of halogens is 1. The van der Waals surface area contributed by atoms with Gasteiger partial charge in [0, 0.05) is 6.07 Å². The Balaban J connectivity index is 2.80. The van der Waals surface area contributed by atoms with Gasteiger partial charge in [0.1, 0.15) is 0 Å². The van der Waals surface area contributed by atoms with Crippen LogP contribution >= 0.6 is 11.6 Å². The molecular weight excluding hydrogens is 238 g/mol. The molecule has 0 aliphatic carbocycles. The van der Waals surface area contributed by atoms with Gasteiger partial charge in [0.25, 0.3) is 0 Å². The summed E-state index contributed by atoms with van der Waals surface area (Å²) in [6, 6.07) is 5.23. The number of nitrogens with zero attached hydrogens (tertiary/aromatic N) is 1. The fourth-order valence-corrected chi connectivity index (χ4v) is 1.72. The molecule has 0 aromatic heterocycles. The van der Waals surface area contributed by atoms with Crippen LogP contribution in [0.1, 0.15) is 31.7 Å². The van der Waals surface area contributed by atoms with Crippen molar-refractivity contribution in [3.8, 4) is 17.6 Å². The zero-order chi connectivity index (χ0) is 12.7. The first-order chi connectivity index (χ1) is 8.22. The van der Waals surface area contributed by atoms with Crippen LogP contribution < -0.4 is 9.47 Å². The molecule has 0 aliphatic heterocycles. The molecule has 0 bridgehead atoms. The van der Waals surface area contributed by atoms with Gasteiger partial charge >= 0.3 is 0 Å². The van der Waals surface area contributed by atoms with Crippen molar-refractivity contribution in [2.45, 2.75) is 26.2 Å². The minimum atomic E-state index is 0.414. The molecule has 0 atom stereocenters. The van der Waals surface area contributed by atoms with Crippen LogP contribution in [-0.4, -0.2) is 13.7 Å². The van der Waals surface area contributed by atoms with Crippen LogP contribution in [0.3, 0.4) is 0 Å². The number of nitriles is 1. The second kappa shape index (κ2) is 7.03. The molecule has 3 nitrogen and oxygen atoms in total. The highest BCUT2D eigenvalue weighted by Gasteiger charge is 2.11. The van der Waals surface area contributed by atoms with E-state index in [1.54, 1.807) is 12.1 Å². The molecule has 0 N–H and O–H groups in total. The first-order valence-corrected chi connectivity index (χ1v) is 6.01. The zero-order valence-corrected chi connectivity index (χ0v) is 10.9. The third-order valence-electron chi connectivity index (χ3n) is 2.35. The predicted molar refractivity (Wildman–Crippen MR) is 67.7 cm³/mol. The van der Waals surface area contributed by atoms with Gasteiger partial charge in [0.05, 0.1) is 30.4 Å². The van der Waals surface area contributed by atoms with Crippen LogP contribution in [0.2, 0.25) is 5.02 Å². The van der Waals surface area contributed by atoms with E-state index in [9.17, 15) is 0 Å². The van der Waals surface area contributed by atoms with Crippen molar-refractivity contribution in [2.24, 2.45) is 0 Å². The first-order valence-electron chi connectivity index (χ1n) is 5.63. The highest BCUT2D eigenvalue weighted by Crippen LogP contribution is 2.36. The molecule has 0 saturated carbocycles. The molecule has 1 rings (SSSR count). The number of unbranched alkanes of at least 4 members (excludes halogenated alkanes) is 2. The SMILES string of the molecule is CCCCCOc1c(Cl)cc(C#N)cc1OC. The van der Waals surface area contributed by atoms with E-state index in [0.717, 1.165) is 19.3 Å². The summed E-state index contributed by atoms with van der Waals surface area (Å²) in [4.78, 5) is 0. The topological polar surface area (TPSA) is 42.2 Å². The highest BCUT2D eigenvalue weighted by atomic mass is 35.5. The Morgan fingerprint density at radius 2 is 2.12 bits per heavy atom. The summed E-state index contributed by atoms with van der Waals surface area (Å²) >= 11 is 6.05. The van der Waals surface area contributed by atoms with E-state index in [-0.39, 0.29) is 0 Å². The molecule has 4 heteroatoms. The number of hydrogen-bond donors (Lipinski definition) is 0. The fraction of sp³-hybridized carbons (Fsp3) is 0.462. The van der Waals surface area contributed by atoms with E-state index < -0.39 is 0 Å². The van der Waals surface area contributed by atoms with Gasteiger partial charge in [0.2, 0.25) is 0 Å². The molecular formula is C13H16ClNO2. The highest BCUT2D eigenvalue weighted by molar-refractivity contribution is 6.32. The van der Waals surface area contributed by atoms with E-state index in [1.165, 1.54) is 7.11 Å². The third-order valence-corrected chi connectivity index (χ3v) is 2.63. The Kier molecular flexibility index (Phi) is 5.65. The lowest BCUT2D eigenvalue weighted by Crippen LogP contribution is -2.00. The number of methoxy groups -OCH3 is 1. The van der Waals surface area contributed by atoms with Crippen LogP contribution in [0, 0.1) is 11.3 Å². The van der Waals surface area contributed by atoms with Crippen molar-refractivity contribution in [3.63, 3.8) is 0 Å². The molecule has 0 amide bonds. The minimum absolute atomic E-state index is 0.414. The van der Waals surface area contributed by atoms with Crippen LogP contribution in [0.4, 0.5) is 0 Å². The largest absolute Gasteiger partial charge is 0.493 e. The predicted octanol–water partition coefficient (Wildman–Crippen LogP) is 3.79. The standard InChI is InChI=1S/C13H16ClNO2/c1-3-4-5-6-17-13-11(14)7-10(9-15)8-12(13)16-2/h7-8H,3-6H2,1-2H3. The Labute approximate surface area is 107 Å². The maximum absolute atomic E-state index is 8.81. The van der Waals surface area contributed by atoms with Crippen LogP contribution in [-0.2, 0) is 0 Å². The fourth-order valence-electron chi connectivity index (χ4n) is 1.45. The summed E-state index contributed by atoms with van der Waals surface area (Å²) in [6.07, 6.45) is 3.24. The minimum Gasteiger partial charge on any atom is -0.493 e. The maximum Gasteiger partial charge on any atom is 0.179 e. The van der Waals surface area contributed by atoms with Gasteiger partial charge in [-0.1, -0.05) is 31.4 Å². The van der Waals surface area contributed by atoms with Crippen LogP contribution in [0.15, 0.2) is 12.1 Å². The van der Waals surface area contributed by atoms with Gasteiger partial charge in [-0.3, -0.25) is 0 Å².